The summed E-state index contributed by atoms with van der Waals surface area (Å²) < 4.78 is 26.9. The van der Waals surface area contributed by atoms with Crippen molar-refractivity contribution in [1.82, 2.24) is 9.21 Å². The third kappa shape index (κ3) is 3.57. The summed E-state index contributed by atoms with van der Waals surface area (Å²) in [6, 6.07) is 5.01. The zero-order valence-corrected chi connectivity index (χ0v) is 13.9. The largest absolute Gasteiger partial charge is 0.392 e. The zero-order valence-electron chi connectivity index (χ0n) is 12.3. The van der Waals surface area contributed by atoms with Crippen molar-refractivity contribution in [3.05, 3.63) is 28.8 Å². The fourth-order valence-corrected chi connectivity index (χ4v) is 4.39. The van der Waals surface area contributed by atoms with E-state index in [2.05, 4.69) is 18.7 Å². The first kappa shape index (κ1) is 16.7. The molecule has 21 heavy (non-hydrogen) atoms. The average Bonchev–Trinajstić information content (AvgIpc) is 2.47. The Bertz CT molecular complexity index is 596. The Morgan fingerprint density at radius 1 is 1.24 bits per heavy atom. The molecule has 0 unspecified atom stereocenters. The van der Waals surface area contributed by atoms with E-state index in [0.717, 1.165) is 0 Å². The van der Waals surface area contributed by atoms with Crippen LogP contribution in [0.25, 0.3) is 0 Å². The summed E-state index contributed by atoms with van der Waals surface area (Å²) >= 11 is 6.04. The molecule has 0 atom stereocenters. The average molecular weight is 333 g/mol. The van der Waals surface area contributed by atoms with Gasteiger partial charge in [-0.1, -0.05) is 17.7 Å². The Morgan fingerprint density at radius 2 is 1.86 bits per heavy atom. The topological polar surface area (TPSA) is 60.9 Å². The number of sulfonamides is 1. The van der Waals surface area contributed by atoms with Gasteiger partial charge in [0.15, 0.2) is 0 Å². The van der Waals surface area contributed by atoms with Crippen molar-refractivity contribution in [2.75, 3.05) is 26.2 Å². The molecule has 0 bridgehead atoms. The van der Waals surface area contributed by atoms with Gasteiger partial charge < -0.3 is 5.11 Å². The molecule has 7 heteroatoms. The fraction of sp³-hybridized carbons (Fsp3) is 0.571. The molecule has 1 aromatic rings. The first-order valence-electron chi connectivity index (χ1n) is 6.99. The first-order valence-corrected chi connectivity index (χ1v) is 8.81. The van der Waals surface area contributed by atoms with E-state index in [-0.39, 0.29) is 16.5 Å². The maximum atomic E-state index is 12.7. The molecule has 1 saturated heterocycles. The van der Waals surface area contributed by atoms with E-state index < -0.39 is 10.0 Å². The third-order valence-corrected chi connectivity index (χ3v) is 6.18. The van der Waals surface area contributed by atoms with Crippen LogP contribution in [0.2, 0.25) is 5.02 Å². The first-order chi connectivity index (χ1) is 9.86. The monoisotopic (exact) mass is 332 g/mol. The van der Waals surface area contributed by atoms with Crippen LogP contribution in [0.15, 0.2) is 23.1 Å². The number of aliphatic hydroxyl groups excluding tert-OH is 1. The van der Waals surface area contributed by atoms with Crippen molar-refractivity contribution >= 4 is 21.6 Å². The maximum Gasteiger partial charge on any atom is 0.244 e. The molecule has 0 aromatic heterocycles. The summed E-state index contributed by atoms with van der Waals surface area (Å²) in [6.45, 7) is 6.35. The minimum absolute atomic E-state index is 0.0775. The molecular formula is C14H21ClN2O3S. The van der Waals surface area contributed by atoms with Gasteiger partial charge in [-0.25, -0.2) is 8.42 Å². The molecule has 1 N–H and O–H groups in total. The second kappa shape index (κ2) is 6.62. The number of hydrogen-bond acceptors (Lipinski definition) is 4. The SMILES string of the molecule is CC(C)N1CCN(S(=O)(=O)c2cc(CO)ccc2Cl)CC1. The molecule has 1 aliphatic rings. The Kier molecular flexibility index (Phi) is 5.27. The van der Waals surface area contributed by atoms with Gasteiger partial charge in [0.1, 0.15) is 4.90 Å². The number of benzene rings is 1. The summed E-state index contributed by atoms with van der Waals surface area (Å²) in [7, 11) is -3.61. The van der Waals surface area contributed by atoms with E-state index >= 15 is 0 Å². The molecule has 0 aliphatic carbocycles. The van der Waals surface area contributed by atoms with E-state index in [1.54, 1.807) is 6.07 Å². The second-order valence-corrected chi connectivity index (χ2v) is 7.77. The molecule has 1 aliphatic heterocycles. The molecule has 1 heterocycles. The summed E-state index contributed by atoms with van der Waals surface area (Å²) in [5.74, 6) is 0. The molecule has 2 rings (SSSR count). The maximum absolute atomic E-state index is 12.7. The van der Waals surface area contributed by atoms with Gasteiger partial charge >= 0.3 is 0 Å². The number of nitrogens with zero attached hydrogens (tertiary/aromatic N) is 2. The number of hydrogen-bond donors (Lipinski definition) is 1. The highest BCUT2D eigenvalue weighted by Crippen LogP contribution is 2.26. The van der Waals surface area contributed by atoms with Crippen LogP contribution < -0.4 is 0 Å². The lowest BCUT2D eigenvalue weighted by atomic mass is 10.2. The highest BCUT2D eigenvalue weighted by molar-refractivity contribution is 7.89. The lowest BCUT2D eigenvalue weighted by Crippen LogP contribution is -2.50. The molecule has 0 spiro atoms. The lowest BCUT2D eigenvalue weighted by molar-refractivity contribution is 0.154. The quantitative estimate of drug-likeness (QED) is 0.908. The van der Waals surface area contributed by atoms with Crippen LogP contribution in [0.3, 0.4) is 0 Å². The Hall–Kier alpha value is -0.660. The van der Waals surface area contributed by atoms with Crippen molar-refractivity contribution in [1.29, 1.82) is 0 Å². The molecule has 1 fully saturated rings. The molecule has 5 nitrogen and oxygen atoms in total. The molecular weight excluding hydrogens is 312 g/mol. The molecule has 0 amide bonds. The summed E-state index contributed by atoms with van der Waals surface area (Å²) in [5.41, 5.74) is 0.541. The molecule has 0 radical (unpaired) electrons. The van der Waals surface area contributed by atoms with E-state index in [9.17, 15) is 8.42 Å². The van der Waals surface area contributed by atoms with Crippen LogP contribution >= 0.6 is 11.6 Å². The van der Waals surface area contributed by atoms with Gasteiger partial charge in [-0.05, 0) is 31.5 Å². The van der Waals surface area contributed by atoms with Gasteiger partial charge in [0.2, 0.25) is 10.0 Å². The standard InChI is InChI=1S/C14H21ClN2O3S/c1-11(2)16-5-7-17(8-6-16)21(19,20)14-9-12(10-18)3-4-13(14)15/h3-4,9,11,18H,5-8,10H2,1-2H3. The lowest BCUT2D eigenvalue weighted by Gasteiger charge is -2.36. The van der Waals surface area contributed by atoms with Crippen molar-refractivity contribution in [3.8, 4) is 0 Å². The summed E-state index contributed by atoms with van der Waals surface area (Å²) in [4.78, 5) is 2.33. The van der Waals surface area contributed by atoms with Crippen LogP contribution in [-0.2, 0) is 16.6 Å². The number of piperazine rings is 1. The van der Waals surface area contributed by atoms with Crippen LogP contribution in [0.1, 0.15) is 19.4 Å². The van der Waals surface area contributed by atoms with Gasteiger partial charge in [-0.2, -0.15) is 4.31 Å². The van der Waals surface area contributed by atoms with Crippen LogP contribution in [-0.4, -0.2) is 55.0 Å². The number of halogens is 1. The molecule has 1 aromatic carbocycles. The molecule has 0 saturated carbocycles. The Balaban J connectivity index is 2.23. The highest BCUT2D eigenvalue weighted by Gasteiger charge is 2.30. The van der Waals surface area contributed by atoms with E-state index in [1.807, 2.05) is 0 Å². The Labute approximate surface area is 131 Å². The fourth-order valence-electron chi connectivity index (χ4n) is 2.44. The predicted octanol–water partition coefficient (Wildman–Crippen LogP) is 1.55. The minimum atomic E-state index is -3.61. The normalized spacial score (nSPS) is 18.3. The van der Waals surface area contributed by atoms with E-state index in [0.29, 0.717) is 37.8 Å². The van der Waals surface area contributed by atoms with E-state index in [4.69, 9.17) is 16.7 Å². The van der Waals surface area contributed by atoms with Gasteiger partial charge in [0.25, 0.3) is 0 Å². The highest BCUT2D eigenvalue weighted by atomic mass is 35.5. The summed E-state index contributed by atoms with van der Waals surface area (Å²) in [5, 5.41) is 9.36. The van der Waals surface area contributed by atoms with Gasteiger partial charge in [-0.15, -0.1) is 0 Å². The van der Waals surface area contributed by atoms with Crippen molar-refractivity contribution in [2.45, 2.75) is 31.4 Å². The predicted molar refractivity (Wildman–Crippen MR) is 82.8 cm³/mol. The van der Waals surface area contributed by atoms with Crippen molar-refractivity contribution < 1.29 is 13.5 Å². The van der Waals surface area contributed by atoms with Gasteiger partial charge in [-0.3, -0.25) is 4.90 Å². The second-order valence-electron chi connectivity index (χ2n) is 5.46. The van der Waals surface area contributed by atoms with E-state index in [1.165, 1.54) is 16.4 Å². The smallest absolute Gasteiger partial charge is 0.244 e. The van der Waals surface area contributed by atoms with Crippen LogP contribution in [0.5, 0.6) is 0 Å². The van der Waals surface area contributed by atoms with Crippen LogP contribution in [0.4, 0.5) is 0 Å². The van der Waals surface area contributed by atoms with Crippen molar-refractivity contribution in [3.63, 3.8) is 0 Å². The van der Waals surface area contributed by atoms with Gasteiger partial charge in [0.05, 0.1) is 11.6 Å². The third-order valence-electron chi connectivity index (χ3n) is 3.80. The zero-order chi connectivity index (χ0) is 15.6. The number of aliphatic hydroxyl groups is 1. The number of rotatable bonds is 4. The summed E-state index contributed by atoms with van der Waals surface area (Å²) in [6.07, 6.45) is 0. The molecule has 118 valence electrons. The van der Waals surface area contributed by atoms with Crippen molar-refractivity contribution in [2.24, 2.45) is 0 Å². The minimum Gasteiger partial charge on any atom is -0.392 e. The Morgan fingerprint density at radius 3 is 2.38 bits per heavy atom. The van der Waals surface area contributed by atoms with Gasteiger partial charge in [0, 0.05) is 32.2 Å². The van der Waals surface area contributed by atoms with Crippen LogP contribution in [0, 0.1) is 0 Å².